The van der Waals surface area contributed by atoms with Gasteiger partial charge in [-0.3, -0.25) is 10.1 Å². The summed E-state index contributed by atoms with van der Waals surface area (Å²) in [6.07, 6.45) is 2.72. The lowest BCUT2D eigenvalue weighted by Crippen LogP contribution is -2.06. The van der Waals surface area contributed by atoms with Crippen LogP contribution >= 0.6 is 0 Å². The first-order valence-electron chi connectivity index (χ1n) is 8.52. The highest BCUT2D eigenvalue weighted by atomic mass is 16.6. The predicted molar refractivity (Wildman–Crippen MR) is 101 cm³/mol. The van der Waals surface area contributed by atoms with Crippen molar-refractivity contribution in [2.24, 2.45) is 0 Å². The first kappa shape index (κ1) is 19.0. The van der Waals surface area contributed by atoms with Crippen molar-refractivity contribution in [3.05, 3.63) is 82.3 Å². The van der Waals surface area contributed by atoms with Crippen LogP contribution in [0.1, 0.15) is 22.8 Å². The molecule has 0 spiro atoms. The normalized spacial score (nSPS) is 10.3. The summed E-state index contributed by atoms with van der Waals surface area (Å²) >= 11 is 0. The molecule has 3 rings (SSSR count). The molecule has 0 unspecified atom stereocenters. The molecular weight excluding hydrogens is 362 g/mol. The molecule has 0 aliphatic heterocycles. The average Bonchev–Trinajstić information content (AvgIpc) is 2.73. The van der Waals surface area contributed by atoms with E-state index in [1.165, 1.54) is 30.7 Å². The van der Waals surface area contributed by atoms with Crippen molar-refractivity contribution in [1.82, 2.24) is 9.97 Å². The zero-order valence-corrected chi connectivity index (χ0v) is 15.1. The number of benzene rings is 2. The van der Waals surface area contributed by atoms with Crippen LogP contribution in [0.15, 0.2) is 61.1 Å². The molecule has 8 nitrogen and oxygen atoms in total. The van der Waals surface area contributed by atoms with Crippen molar-refractivity contribution in [3.63, 3.8) is 0 Å². The summed E-state index contributed by atoms with van der Waals surface area (Å²) in [6, 6.07) is 13.5. The molecule has 8 heteroatoms. The van der Waals surface area contributed by atoms with E-state index in [0.29, 0.717) is 5.56 Å². The lowest BCUT2D eigenvalue weighted by molar-refractivity contribution is -0.384. The lowest BCUT2D eigenvalue weighted by Gasteiger charge is -2.11. The quantitative estimate of drug-likeness (QED) is 0.349. The SMILES string of the molecule is CCOC(=O)c1ccc([N+](=O)[O-])c(-c2cncnc2OCc2ccccc2)c1. The predicted octanol–water partition coefficient (Wildman–Crippen LogP) is 3.81. The van der Waals surface area contributed by atoms with Crippen molar-refractivity contribution in [2.45, 2.75) is 13.5 Å². The fourth-order valence-electron chi connectivity index (χ4n) is 2.60. The molecule has 142 valence electrons. The summed E-state index contributed by atoms with van der Waals surface area (Å²) in [4.78, 5) is 31.1. The van der Waals surface area contributed by atoms with E-state index in [-0.39, 0.29) is 35.9 Å². The van der Waals surface area contributed by atoms with Gasteiger partial charge >= 0.3 is 5.97 Å². The molecule has 1 heterocycles. The van der Waals surface area contributed by atoms with Crippen LogP contribution in [0.4, 0.5) is 5.69 Å². The first-order chi connectivity index (χ1) is 13.6. The molecule has 0 saturated heterocycles. The van der Waals surface area contributed by atoms with Gasteiger partial charge in [0.1, 0.15) is 12.9 Å². The Labute approximate surface area is 160 Å². The zero-order valence-electron chi connectivity index (χ0n) is 15.1. The summed E-state index contributed by atoms with van der Waals surface area (Å²) in [5.74, 6) is -0.384. The second-order valence-corrected chi connectivity index (χ2v) is 5.73. The van der Waals surface area contributed by atoms with E-state index in [0.717, 1.165) is 5.56 Å². The molecule has 0 bridgehead atoms. The third-order valence-corrected chi connectivity index (χ3v) is 3.89. The van der Waals surface area contributed by atoms with E-state index in [2.05, 4.69) is 9.97 Å². The van der Waals surface area contributed by atoms with Crippen LogP contribution in [0.5, 0.6) is 5.88 Å². The fourth-order valence-corrected chi connectivity index (χ4v) is 2.60. The Morgan fingerprint density at radius 2 is 1.93 bits per heavy atom. The minimum atomic E-state index is -0.567. The Hall–Kier alpha value is -3.81. The average molecular weight is 379 g/mol. The summed E-state index contributed by atoms with van der Waals surface area (Å²) in [6.45, 7) is 2.12. The molecule has 0 aliphatic rings. The van der Waals surface area contributed by atoms with Crippen LogP contribution in [0.3, 0.4) is 0 Å². The van der Waals surface area contributed by atoms with Gasteiger partial charge in [-0.1, -0.05) is 30.3 Å². The number of esters is 1. The number of rotatable bonds is 7. The third kappa shape index (κ3) is 4.29. The number of nitro groups is 1. The van der Waals surface area contributed by atoms with Gasteiger partial charge in [0, 0.05) is 12.3 Å². The largest absolute Gasteiger partial charge is 0.472 e. The number of hydrogen-bond donors (Lipinski definition) is 0. The number of carbonyl (C=O) groups excluding carboxylic acids is 1. The van der Waals surface area contributed by atoms with Crippen LogP contribution in [0, 0.1) is 10.1 Å². The van der Waals surface area contributed by atoms with Crippen LogP contribution < -0.4 is 4.74 Å². The number of nitrogens with zero attached hydrogens (tertiary/aromatic N) is 3. The molecule has 0 atom stereocenters. The number of ether oxygens (including phenoxy) is 2. The lowest BCUT2D eigenvalue weighted by atomic mass is 10.0. The maximum absolute atomic E-state index is 12.1. The van der Waals surface area contributed by atoms with Crippen LogP contribution in [-0.4, -0.2) is 27.5 Å². The highest BCUT2D eigenvalue weighted by Crippen LogP contribution is 2.35. The van der Waals surface area contributed by atoms with Gasteiger partial charge in [-0.05, 0) is 24.6 Å². The van der Waals surface area contributed by atoms with Gasteiger partial charge in [0.15, 0.2) is 0 Å². The zero-order chi connectivity index (χ0) is 19.9. The van der Waals surface area contributed by atoms with Gasteiger partial charge in [0.2, 0.25) is 5.88 Å². The molecule has 0 radical (unpaired) electrons. The second-order valence-electron chi connectivity index (χ2n) is 5.73. The molecule has 1 aromatic heterocycles. The van der Waals surface area contributed by atoms with E-state index in [1.807, 2.05) is 30.3 Å². The molecule has 0 saturated carbocycles. The van der Waals surface area contributed by atoms with Gasteiger partial charge in [0.25, 0.3) is 5.69 Å². The van der Waals surface area contributed by atoms with Crippen LogP contribution in [0.2, 0.25) is 0 Å². The molecule has 28 heavy (non-hydrogen) atoms. The monoisotopic (exact) mass is 379 g/mol. The van der Waals surface area contributed by atoms with E-state index < -0.39 is 10.9 Å². The maximum atomic E-state index is 12.1. The molecule has 0 aliphatic carbocycles. The minimum Gasteiger partial charge on any atom is -0.472 e. The van der Waals surface area contributed by atoms with Gasteiger partial charge < -0.3 is 9.47 Å². The first-order valence-corrected chi connectivity index (χ1v) is 8.52. The van der Waals surface area contributed by atoms with Crippen molar-refractivity contribution in [3.8, 4) is 17.0 Å². The number of hydrogen-bond acceptors (Lipinski definition) is 7. The van der Waals surface area contributed by atoms with Gasteiger partial charge in [-0.25, -0.2) is 14.8 Å². The molecule has 0 amide bonds. The summed E-state index contributed by atoms with van der Waals surface area (Å²) < 4.78 is 10.8. The third-order valence-electron chi connectivity index (χ3n) is 3.89. The highest BCUT2D eigenvalue weighted by Gasteiger charge is 2.22. The summed E-state index contributed by atoms with van der Waals surface area (Å²) in [5.41, 5.74) is 1.42. The Kier molecular flexibility index (Phi) is 5.91. The van der Waals surface area contributed by atoms with Crippen molar-refractivity contribution < 1.29 is 19.2 Å². The smallest absolute Gasteiger partial charge is 0.338 e. The number of carbonyl (C=O) groups is 1. The molecule has 0 N–H and O–H groups in total. The molecule has 3 aromatic rings. The van der Waals surface area contributed by atoms with Crippen molar-refractivity contribution in [1.29, 1.82) is 0 Å². The molecule has 0 fully saturated rings. The van der Waals surface area contributed by atoms with E-state index in [4.69, 9.17) is 9.47 Å². The standard InChI is InChI=1S/C20H17N3O5/c1-2-27-20(24)15-8-9-18(23(25)26)16(10-15)17-11-21-13-22-19(17)28-12-14-6-4-3-5-7-14/h3-11,13H,2,12H2,1H3. The molecular formula is C20H17N3O5. The minimum absolute atomic E-state index is 0.180. The molecule has 2 aromatic carbocycles. The van der Waals surface area contributed by atoms with Gasteiger partial charge in [0.05, 0.1) is 28.2 Å². The van der Waals surface area contributed by atoms with Gasteiger partial charge in [-0.15, -0.1) is 0 Å². The highest BCUT2D eigenvalue weighted by molar-refractivity contribution is 5.93. The van der Waals surface area contributed by atoms with E-state index in [9.17, 15) is 14.9 Å². The number of aromatic nitrogens is 2. The second kappa shape index (κ2) is 8.72. The number of nitro benzene ring substituents is 1. The Morgan fingerprint density at radius 3 is 2.64 bits per heavy atom. The van der Waals surface area contributed by atoms with Crippen LogP contribution in [-0.2, 0) is 11.3 Å². The van der Waals surface area contributed by atoms with E-state index >= 15 is 0 Å². The maximum Gasteiger partial charge on any atom is 0.338 e. The Bertz CT molecular complexity index is 992. The Balaban J connectivity index is 2.01. The Morgan fingerprint density at radius 1 is 1.14 bits per heavy atom. The summed E-state index contributed by atoms with van der Waals surface area (Å²) in [5, 5.41) is 11.5. The summed E-state index contributed by atoms with van der Waals surface area (Å²) in [7, 11) is 0. The topological polar surface area (TPSA) is 104 Å². The van der Waals surface area contributed by atoms with Gasteiger partial charge in [-0.2, -0.15) is 0 Å². The van der Waals surface area contributed by atoms with Crippen molar-refractivity contribution >= 4 is 11.7 Å². The fraction of sp³-hybridized carbons (Fsp3) is 0.150. The van der Waals surface area contributed by atoms with E-state index in [1.54, 1.807) is 6.92 Å². The van der Waals surface area contributed by atoms with Crippen molar-refractivity contribution in [2.75, 3.05) is 6.61 Å². The van der Waals surface area contributed by atoms with Crippen LogP contribution in [0.25, 0.3) is 11.1 Å².